The summed E-state index contributed by atoms with van der Waals surface area (Å²) in [4.78, 5) is 25.0. The molecule has 10 heteroatoms. The molecule has 10 nitrogen and oxygen atoms in total. The molecule has 1 aliphatic carbocycles. The molecule has 0 saturated heterocycles. The van der Waals surface area contributed by atoms with Gasteiger partial charge in [0.25, 0.3) is 5.91 Å². The van der Waals surface area contributed by atoms with E-state index in [1.165, 1.54) is 6.20 Å². The van der Waals surface area contributed by atoms with Gasteiger partial charge in [0.05, 0.1) is 30.6 Å². The molecule has 2 amide bonds. The van der Waals surface area contributed by atoms with Gasteiger partial charge in [-0.3, -0.25) is 9.59 Å². The number of ether oxygens (including phenoxy) is 1. The van der Waals surface area contributed by atoms with Crippen LogP contribution in [0.25, 0.3) is 0 Å². The van der Waals surface area contributed by atoms with Gasteiger partial charge in [-0.05, 0) is 32.6 Å². The first-order chi connectivity index (χ1) is 13.6. The molecule has 0 aliphatic heterocycles. The number of aryl methyl sites for hydroxylation is 1. The Morgan fingerprint density at radius 3 is 2.93 bits per heavy atom. The summed E-state index contributed by atoms with van der Waals surface area (Å²) in [5, 5.41) is 19.5. The molecule has 2 aromatic rings. The number of carbonyl (C=O) groups is 2. The van der Waals surface area contributed by atoms with Gasteiger partial charge in [0.2, 0.25) is 5.91 Å². The Kier molecular flexibility index (Phi) is 6.75. The predicted molar refractivity (Wildman–Crippen MR) is 98.1 cm³/mol. The molecule has 2 heterocycles. The second-order valence-electron chi connectivity index (χ2n) is 7.01. The summed E-state index contributed by atoms with van der Waals surface area (Å²) in [5.41, 5.74) is 0.981. The summed E-state index contributed by atoms with van der Waals surface area (Å²) in [6.07, 6.45) is 4.02. The zero-order valence-corrected chi connectivity index (χ0v) is 16.1. The number of hydrogen-bond acceptors (Lipinski definition) is 7. The highest BCUT2D eigenvalue weighted by Crippen LogP contribution is 2.27. The molecule has 0 aromatic carbocycles. The van der Waals surface area contributed by atoms with Crippen molar-refractivity contribution in [2.75, 3.05) is 6.61 Å². The Morgan fingerprint density at radius 1 is 1.39 bits per heavy atom. The number of nitrogens with one attached hydrogen (secondary N) is 3. The standard InChI is InChI=1S/C18H26N6O4/c1-3-6-27-16-5-4-12(17(25)19-9-13-7-11(2)23-28-13)8-14(16)21-18(26)15-10-20-24-22-15/h7,10,12,14,16H,3-6,8-9H2,1-2H3,(H,19,25)(H,21,26)(H,20,22,24)/t12-,14+,16+/m0/s1. The molecule has 3 rings (SSSR count). The van der Waals surface area contributed by atoms with Gasteiger partial charge in [0, 0.05) is 18.6 Å². The van der Waals surface area contributed by atoms with Crippen LogP contribution in [0.15, 0.2) is 16.8 Å². The number of aromatic amines is 1. The fourth-order valence-electron chi connectivity index (χ4n) is 3.37. The molecule has 1 fully saturated rings. The number of aromatic nitrogens is 4. The second-order valence-corrected chi connectivity index (χ2v) is 7.01. The molecule has 0 radical (unpaired) electrons. The van der Waals surface area contributed by atoms with Crippen LogP contribution in [0.5, 0.6) is 0 Å². The minimum Gasteiger partial charge on any atom is -0.376 e. The van der Waals surface area contributed by atoms with Gasteiger partial charge in [-0.1, -0.05) is 12.1 Å². The smallest absolute Gasteiger partial charge is 0.273 e. The van der Waals surface area contributed by atoms with E-state index in [2.05, 4.69) is 31.2 Å². The lowest BCUT2D eigenvalue weighted by molar-refractivity contribution is -0.127. The Morgan fingerprint density at radius 2 is 2.25 bits per heavy atom. The summed E-state index contributed by atoms with van der Waals surface area (Å²) in [5.74, 6) is 0.000486. The Bertz CT molecular complexity index is 775. The third-order valence-electron chi connectivity index (χ3n) is 4.77. The van der Waals surface area contributed by atoms with Crippen LogP contribution in [0.4, 0.5) is 0 Å². The van der Waals surface area contributed by atoms with E-state index in [0.717, 1.165) is 12.1 Å². The third kappa shape index (κ3) is 5.16. The zero-order chi connectivity index (χ0) is 19.9. The molecule has 0 bridgehead atoms. The van der Waals surface area contributed by atoms with E-state index in [-0.39, 0.29) is 35.6 Å². The van der Waals surface area contributed by atoms with Crippen LogP contribution in [-0.2, 0) is 16.1 Å². The van der Waals surface area contributed by atoms with Crippen molar-refractivity contribution in [3.63, 3.8) is 0 Å². The van der Waals surface area contributed by atoms with Crippen LogP contribution < -0.4 is 10.6 Å². The van der Waals surface area contributed by atoms with Crippen molar-refractivity contribution in [1.29, 1.82) is 0 Å². The average Bonchev–Trinajstić information content (AvgIpc) is 3.37. The fraction of sp³-hybridized carbons (Fsp3) is 0.611. The number of hydrogen-bond donors (Lipinski definition) is 3. The minimum absolute atomic E-state index is 0.0660. The van der Waals surface area contributed by atoms with Crippen molar-refractivity contribution in [1.82, 2.24) is 31.2 Å². The van der Waals surface area contributed by atoms with Crippen molar-refractivity contribution < 1.29 is 18.8 Å². The summed E-state index contributed by atoms with van der Waals surface area (Å²) >= 11 is 0. The lowest BCUT2D eigenvalue weighted by Gasteiger charge is -2.35. The molecule has 2 aromatic heterocycles. The number of nitrogens with zero attached hydrogens (tertiary/aromatic N) is 3. The van der Waals surface area contributed by atoms with Crippen molar-refractivity contribution in [2.45, 2.75) is 58.2 Å². The van der Waals surface area contributed by atoms with Crippen LogP contribution in [0.1, 0.15) is 54.5 Å². The number of rotatable bonds is 8. The highest BCUT2D eigenvalue weighted by molar-refractivity contribution is 5.92. The fourth-order valence-corrected chi connectivity index (χ4v) is 3.37. The highest BCUT2D eigenvalue weighted by atomic mass is 16.5. The quantitative estimate of drug-likeness (QED) is 0.614. The lowest BCUT2D eigenvalue weighted by atomic mass is 9.83. The average molecular weight is 390 g/mol. The molecule has 1 aliphatic rings. The topological polar surface area (TPSA) is 135 Å². The van der Waals surface area contributed by atoms with Gasteiger partial charge in [-0.2, -0.15) is 15.4 Å². The van der Waals surface area contributed by atoms with Gasteiger partial charge in [-0.15, -0.1) is 0 Å². The van der Waals surface area contributed by atoms with E-state index in [0.29, 0.717) is 38.2 Å². The van der Waals surface area contributed by atoms with Crippen molar-refractivity contribution in [2.24, 2.45) is 5.92 Å². The van der Waals surface area contributed by atoms with E-state index in [1.807, 2.05) is 13.8 Å². The Hall–Kier alpha value is -2.75. The van der Waals surface area contributed by atoms with Crippen LogP contribution >= 0.6 is 0 Å². The van der Waals surface area contributed by atoms with Crippen LogP contribution in [0, 0.1) is 12.8 Å². The Labute approximate surface area is 162 Å². The number of H-pyrrole nitrogens is 1. The summed E-state index contributed by atoms with van der Waals surface area (Å²) in [6, 6.07) is 1.52. The summed E-state index contributed by atoms with van der Waals surface area (Å²) < 4.78 is 11.0. The normalized spacial score (nSPS) is 22.0. The molecule has 1 saturated carbocycles. The third-order valence-corrected chi connectivity index (χ3v) is 4.77. The van der Waals surface area contributed by atoms with Crippen LogP contribution in [0.2, 0.25) is 0 Å². The maximum atomic E-state index is 12.6. The molecule has 3 atom stereocenters. The minimum atomic E-state index is -0.331. The molecule has 28 heavy (non-hydrogen) atoms. The van der Waals surface area contributed by atoms with Gasteiger partial charge >= 0.3 is 0 Å². The largest absolute Gasteiger partial charge is 0.376 e. The van der Waals surface area contributed by atoms with Gasteiger partial charge in [0.1, 0.15) is 0 Å². The SMILES string of the molecule is CCCO[C@@H]1CC[C@H](C(=O)NCc2cc(C)no2)C[C@H]1NC(=O)c1cn[nH]n1. The molecular formula is C18H26N6O4. The lowest BCUT2D eigenvalue weighted by Crippen LogP contribution is -2.50. The molecular weight excluding hydrogens is 364 g/mol. The van der Waals surface area contributed by atoms with Gasteiger partial charge in [-0.25, -0.2) is 0 Å². The number of amides is 2. The van der Waals surface area contributed by atoms with E-state index >= 15 is 0 Å². The highest BCUT2D eigenvalue weighted by Gasteiger charge is 2.35. The predicted octanol–water partition coefficient (Wildman–Crippen LogP) is 1.11. The molecule has 0 unspecified atom stereocenters. The second kappa shape index (κ2) is 9.45. The molecule has 152 valence electrons. The number of carbonyl (C=O) groups excluding carboxylic acids is 2. The first-order valence-corrected chi connectivity index (χ1v) is 9.55. The first-order valence-electron chi connectivity index (χ1n) is 9.55. The van der Waals surface area contributed by atoms with Gasteiger partial charge < -0.3 is 19.9 Å². The van der Waals surface area contributed by atoms with Crippen molar-refractivity contribution in [3.8, 4) is 0 Å². The molecule has 3 N–H and O–H groups in total. The van der Waals surface area contributed by atoms with Crippen molar-refractivity contribution >= 4 is 11.8 Å². The Balaban J connectivity index is 1.59. The van der Waals surface area contributed by atoms with Crippen LogP contribution in [0.3, 0.4) is 0 Å². The van der Waals surface area contributed by atoms with E-state index in [9.17, 15) is 9.59 Å². The van der Waals surface area contributed by atoms with Crippen LogP contribution in [-0.4, -0.2) is 51.1 Å². The molecule has 0 spiro atoms. The summed E-state index contributed by atoms with van der Waals surface area (Å²) in [7, 11) is 0. The van der Waals surface area contributed by atoms with E-state index in [1.54, 1.807) is 6.07 Å². The monoisotopic (exact) mass is 390 g/mol. The van der Waals surface area contributed by atoms with E-state index < -0.39 is 0 Å². The van der Waals surface area contributed by atoms with Gasteiger partial charge in [0.15, 0.2) is 11.5 Å². The maximum absolute atomic E-state index is 12.6. The zero-order valence-electron chi connectivity index (χ0n) is 16.1. The van der Waals surface area contributed by atoms with E-state index in [4.69, 9.17) is 9.26 Å². The first kappa shape index (κ1) is 20.0. The summed E-state index contributed by atoms with van der Waals surface area (Å²) in [6.45, 7) is 4.77. The van der Waals surface area contributed by atoms with Crippen molar-refractivity contribution in [3.05, 3.63) is 29.4 Å². The maximum Gasteiger partial charge on any atom is 0.273 e.